The van der Waals surface area contributed by atoms with Gasteiger partial charge in [0.1, 0.15) is 18.2 Å². The van der Waals surface area contributed by atoms with Crippen LogP contribution in [0.15, 0.2) is 24.7 Å². The minimum atomic E-state index is -0.429. The Morgan fingerprint density at radius 3 is 3.08 bits per heavy atom. The molecule has 3 heterocycles. The number of fused-ring (bicyclic) bond motifs is 1. The van der Waals surface area contributed by atoms with Crippen LogP contribution in [0.1, 0.15) is 11.7 Å². The molecule has 0 unspecified atom stereocenters. The fourth-order valence-corrected chi connectivity index (χ4v) is 2.67. The molecule has 1 atom stereocenters. The quantitative estimate of drug-likeness (QED) is 0.744. The molecular weight excluding hydrogens is 312 g/mol. The van der Waals surface area contributed by atoms with Gasteiger partial charge in [-0.1, -0.05) is 0 Å². The van der Waals surface area contributed by atoms with Crippen LogP contribution in [-0.2, 0) is 16.1 Å². The van der Waals surface area contributed by atoms with Crippen molar-refractivity contribution in [3.8, 4) is 5.88 Å². The minimum absolute atomic E-state index is 0.0947. The Morgan fingerprint density at radius 1 is 1.42 bits per heavy atom. The molecule has 1 N–H and O–H groups in total. The van der Waals surface area contributed by atoms with E-state index in [9.17, 15) is 4.79 Å². The highest BCUT2D eigenvalue weighted by atomic mass is 16.5. The number of hydrogen-bond donors (Lipinski definition) is 1. The van der Waals surface area contributed by atoms with Crippen molar-refractivity contribution < 1.29 is 14.3 Å². The van der Waals surface area contributed by atoms with Gasteiger partial charge in [0.15, 0.2) is 0 Å². The first kappa shape index (κ1) is 16.2. The van der Waals surface area contributed by atoms with Gasteiger partial charge in [0, 0.05) is 25.9 Å². The molecule has 2 aromatic heterocycles. The van der Waals surface area contributed by atoms with E-state index in [-0.39, 0.29) is 5.91 Å². The first-order valence-electron chi connectivity index (χ1n) is 7.63. The van der Waals surface area contributed by atoms with Crippen LogP contribution in [0.2, 0.25) is 0 Å². The zero-order valence-electron chi connectivity index (χ0n) is 13.7. The fraction of sp³-hybridized carbons (Fsp3) is 0.467. The van der Waals surface area contributed by atoms with E-state index >= 15 is 0 Å². The molecular formula is C15H20N6O3. The van der Waals surface area contributed by atoms with Crippen molar-refractivity contribution in [3.05, 3.63) is 30.4 Å². The number of nitrogens with one attached hydrogen (secondary N) is 1. The third-order valence-electron chi connectivity index (χ3n) is 3.86. The predicted molar refractivity (Wildman–Crippen MR) is 85.8 cm³/mol. The van der Waals surface area contributed by atoms with Gasteiger partial charge in [0.05, 0.1) is 32.5 Å². The molecule has 0 spiro atoms. The second-order valence-corrected chi connectivity index (χ2v) is 5.37. The van der Waals surface area contributed by atoms with Gasteiger partial charge in [-0.25, -0.2) is 9.97 Å². The number of rotatable bonds is 6. The Hall–Kier alpha value is -2.68. The van der Waals surface area contributed by atoms with E-state index in [4.69, 9.17) is 9.47 Å². The first-order chi connectivity index (χ1) is 11.7. The Kier molecular flexibility index (Phi) is 4.90. The molecule has 128 valence electrons. The van der Waals surface area contributed by atoms with E-state index in [2.05, 4.69) is 20.4 Å². The van der Waals surface area contributed by atoms with E-state index in [1.54, 1.807) is 31.2 Å². The van der Waals surface area contributed by atoms with Crippen LogP contribution in [0, 0.1) is 0 Å². The van der Waals surface area contributed by atoms with Crippen LogP contribution in [0.5, 0.6) is 5.88 Å². The molecule has 1 aliphatic heterocycles. The van der Waals surface area contributed by atoms with Crippen LogP contribution >= 0.6 is 0 Å². The Labute approximate surface area is 139 Å². The number of methoxy groups -OCH3 is 2. The summed E-state index contributed by atoms with van der Waals surface area (Å²) in [6.45, 7) is 2.01. The van der Waals surface area contributed by atoms with Crippen molar-refractivity contribution in [1.82, 2.24) is 25.1 Å². The predicted octanol–water partition coefficient (Wildman–Crippen LogP) is 0.00560. The van der Waals surface area contributed by atoms with Gasteiger partial charge in [-0.15, -0.1) is 0 Å². The molecule has 0 saturated heterocycles. The summed E-state index contributed by atoms with van der Waals surface area (Å²) in [5.74, 6) is 1.10. The number of hydrogen-bond acceptors (Lipinski definition) is 7. The lowest BCUT2D eigenvalue weighted by atomic mass is 10.1. The topological polar surface area (TPSA) is 94.4 Å². The summed E-state index contributed by atoms with van der Waals surface area (Å²) < 4.78 is 11.9. The van der Waals surface area contributed by atoms with Crippen molar-refractivity contribution in [3.63, 3.8) is 0 Å². The third kappa shape index (κ3) is 3.30. The summed E-state index contributed by atoms with van der Waals surface area (Å²) in [6.07, 6.45) is 3.16. The van der Waals surface area contributed by atoms with Crippen LogP contribution in [0.3, 0.4) is 0 Å². The lowest BCUT2D eigenvalue weighted by molar-refractivity contribution is -0.124. The molecule has 3 rings (SSSR count). The molecule has 0 aromatic carbocycles. The number of aromatic nitrogens is 4. The van der Waals surface area contributed by atoms with Gasteiger partial charge in [0.2, 0.25) is 11.8 Å². The van der Waals surface area contributed by atoms with E-state index < -0.39 is 6.04 Å². The van der Waals surface area contributed by atoms with Gasteiger partial charge < -0.3 is 19.7 Å². The van der Waals surface area contributed by atoms with Gasteiger partial charge in [0.25, 0.3) is 0 Å². The Balaban J connectivity index is 1.81. The SMILES string of the molecule is COCCNC(=O)[C@@H]1CN(c2cc(OC)ncn2)Cc2ccnn21. The van der Waals surface area contributed by atoms with Gasteiger partial charge >= 0.3 is 0 Å². The average molecular weight is 332 g/mol. The largest absolute Gasteiger partial charge is 0.481 e. The van der Waals surface area contributed by atoms with Crippen molar-refractivity contribution >= 4 is 11.7 Å². The van der Waals surface area contributed by atoms with Crippen LogP contribution in [0.4, 0.5) is 5.82 Å². The highest BCUT2D eigenvalue weighted by Gasteiger charge is 2.31. The van der Waals surface area contributed by atoms with Crippen molar-refractivity contribution in [1.29, 1.82) is 0 Å². The van der Waals surface area contributed by atoms with E-state index in [0.29, 0.717) is 37.9 Å². The van der Waals surface area contributed by atoms with E-state index in [0.717, 1.165) is 5.69 Å². The zero-order valence-corrected chi connectivity index (χ0v) is 13.7. The molecule has 24 heavy (non-hydrogen) atoms. The summed E-state index contributed by atoms with van der Waals surface area (Å²) in [6, 6.07) is 3.23. The highest BCUT2D eigenvalue weighted by Crippen LogP contribution is 2.25. The monoisotopic (exact) mass is 332 g/mol. The van der Waals surface area contributed by atoms with Crippen molar-refractivity contribution in [2.75, 3.05) is 38.8 Å². The first-order valence-corrected chi connectivity index (χ1v) is 7.63. The lowest BCUT2D eigenvalue weighted by Crippen LogP contribution is -2.46. The maximum atomic E-state index is 12.5. The fourth-order valence-electron chi connectivity index (χ4n) is 2.67. The van der Waals surface area contributed by atoms with Crippen LogP contribution in [0.25, 0.3) is 0 Å². The average Bonchev–Trinajstić information content (AvgIpc) is 3.09. The Bertz CT molecular complexity index is 704. The summed E-state index contributed by atoms with van der Waals surface area (Å²) in [5, 5.41) is 7.16. The second-order valence-electron chi connectivity index (χ2n) is 5.37. The molecule has 1 aliphatic rings. The molecule has 1 amide bonds. The number of amides is 1. The zero-order chi connectivity index (χ0) is 16.9. The molecule has 0 fully saturated rings. The number of ether oxygens (including phenoxy) is 2. The molecule has 0 saturated carbocycles. The summed E-state index contributed by atoms with van der Waals surface area (Å²) in [4.78, 5) is 22.8. The highest BCUT2D eigenvalue weighted by molar-refractivity contribution is 5.81. The molecule has 2 aromatic rings. The van der Waals surface area contributed by atoms with E-state index in [1.807, 2.05) is 11.0 Å². The van der Waals surface area contributed by atoms with E-state index in [1.165, 1.54) is 6.33 Å². The smallest absolute Gasteiger partial charge is 0.246 e. The number of nitrogens with zero attached hydrogens (tertiary/aromatic N) is 5. The molecule has 0 radical (unpaired) electrons. The van der Waals surface area contributed by atoms with Crippen LogP contribution in [-0.4, -0.2) is 59.6 Å². The molecule has 0 bridgehead atoms. The molecule has 0 aliphatic carbocycles. The number of carbonyl (C=O) groups is 1. The third-order valence-corrected chi connectivity index (χ3v) is 3.86. The van der Waals surface area contributed by atoms with Gasteiger partial charge in [-0.3, -0.25) is 9.48 Å². The summed E-state index contributed by atoms with van der Waals surface area (Å²) in [7, 11) is 3.16. The lowest BCUT2D eigenvalue weighted by Gasteiger charge is -2.33. The van der Waals surface area contributed by atoms with Gasteiger partial charge in [-0.2, -0.15) is 5.10 Å². The summed E-state index contributed by atoms with van der Waals surface area (Å²) in [5.41, 5.74) is 0.950. The maximum absolute atomic E-state index is 12.5. The minimum Gasteiger partial charge on any atom is -0.481 e. The Morgan fingerprint density at radius 2 is 2.29 bits per heavy atom. The number of carbonyl (C=O) groups excluding carboxylic acids is 1. The van der Waals surface area contributed by atoms with Crippen molar-refractivity contribution in [2.24, 2.45) is 0 Å². The molecule has 9 nitrogen and oxygen atoms in total. The van der Waals surface area contributed by atoms with Crippen LogP contribution < -0.4 is 15.0 Å². The number of anilines is 1. The summed E-state index contributed by atoms with van der Waals surface area (Å²) >= 11 is 0. The molecule has 9 heteroatoms. The normalized spacial score (nSPS) is 16.6. The second kappa shape index (κ2) is 7.26. The van der Waals surface area contributed by atoms with Gasteiger partial charge in [-0.05, 0) is 6.07 Å². The standard InChI is InChI=1S/C15H20N6O3/c1-23-6-5-16-15(22)12-9-20(8-11-3-4-19-21(11)12)13-7-14(24-2)18-10-17-13/h3-4,7,10,12H,5-6,8-9H2,1-2H3,(H,16,22)/t12-/m0/s1. The maximum Gasteiger partial charge on any atom is 0.246 e. The van der Waals surface area contributed by atoms with Crippen molar-refractivity contribution in [2.45, 2.75) is 12.6 Å².